The van der Waals surface area contributed by atoms with E-state index < -0.39 is 0 Å². The summed E-state index contributed by atoms with van der Waals surface area (Å²) in [7, 11) is 1.92. The zero-order valence-corrected chi connectivity index (χ0v) is 19.3. The number of ether oxygens (including phenoxy) is 1. The van der Waals surface area contributed by atoms with Gasteiger partial charge in [-0.1, -0.05) is 54.6 Å². The zero-order valence-electron chi connectivity index (χ0n) is 19.3. The molecule has 1 aliphatic rings. The van der Waals surface area contributed by atoms with E-state index in [2.05, 4.69) is 33.9 Å². The first-order valence-corrected chi connectivity index (χ1v) is 11.4. The smallest absolute Gasteiger partial charge is 0.143 e. The van der Waals surface area contributed by atoms with Gasteiger partial charge in [0.1, 0.15) is 11.9 Å². The molecule has 4 aromatic rings. The summed E-state index contributed by atoms with van der Waals surface area (Å²) in [6.07, 6.45) is 4.90. The number of nitriles is 1. The van der Waals surface area contributed by atoms with E-state index in [0.29, 0.717) is 5.56 Å². The number of rotatable bonds is 6. The van der Waals surface area contributed by atoms with Crippen molar-refractivity contribution in [2.45, 2.75) is 12.5 Å². The molecule has 0 spiro atoms. The quantitative estimate of drug-likeness (QED) is 0.418. The number of anilines is 1. The van der Waals surface area contributed by atoms with Gasteiger partial charge < -0.3 is 15.4 Å². The van der Waals surface area contributed by atoms with Crippen molar-refractivity contribution in [2.75, 3.05) is 25.0 Å². The number of benzene rings is 3. The molecule has 1 aliphatic heterocycles. The molecule has 0 saturated carbocycles. The average molecular weight is 452 g/mol. The molecule has 0 fully saturated rings. The van der Waals surface area contributed by atoms with Gasteiger partial charge in [-0.25, -0.2) is 0 Å². The van der Waals surface area contributed by atoms with E-state index in [9.17, 15) is 0 Å². The number of hydrogen-bond donors (Lipinski definition) is 2. The fourth-order valence-electron chi connectivity index (χ4n) is 3.71. The normalized spacial score (nSPS) is 13.9. The number of fused-ring (bicyclic) bond motifs is 1. The van der Waals surface area contributed by atoms with Crippen LogP contribution < -0.4 is 15.4 Å². The molecule has 0 bridgehead atoms. The van der Waals surface area contributed by atoms with Gasteiger partial charge in [0.2, 0.25) is 0 Å². The van der Waals surface area contributed by atoms with Crippen LogP contribution >= 0.6 is 0 Å². The summed E-state index contributed by atoms with van der Waals surface area (Å²) < 4.78 is 7.93. The largest absolute Gasteiger partial charge is 0.485 e. The van der Waals surface area contributed by atoms with Gasteiger partial charge in [0, 0.05) is 25.4 Å². The summed E-state index contributed by atoms with van der Waals surface area (Å²) >= 11 is 0. The minimum absolute atomic E-state index is 0.0951. The lowest BCUT2D eigenvalue weighted by Gasteiger charge is -2.28. The van der Waals surface area contributed by atoms with Crippen LogP contribution in [0.25, 0.3) is 11.1 Å². The lowest BCUT2D eigenvalue weighted by Crippen LogP contribution is -2.40. The van der Waals surface area contributed by atoms with Crippen molar-refractivity contribution in [3.63, 3.8) is 0 Å². The molecule has 172 valence electrons. The Balaban J connectivity index is 0.000000398. The maximum atomic E-state index is 8.84. The highest BCUT2D eigenvalue weighted by Gasteiger charge is 2.19. The van der Waals surface area contributed by atoms with Crippen LogP contribution in [0.1, 0.15) is 11.1 Å². The van der Waals surface area contributed by atoms with Crippen molar-refractivity contribution in [1.82, 2.24) is 15.1 Å². The standard InChI is InChI=1S/C22H23N5O.C6H6/c1-27-15-19(12-26-27)18-6-7-22-21(10-18)25-14-20(28-22)13-24-9-8-16-2-4-17(11-23)5-3-16;1-2-4-6-5-3-1/h2-7,10,12,15,20,24-25H,8-9,13-14H2,1H3;1-6H. The number of aryl methyl sites for hydroxylation is 1. The molecule has 2 heterocycles. The topological polar surface area (TPSA) is 74.9 Å². The van der Waals surface area contributed by atoms with Crippen LogP contribution in [-0.2, 0) is 13.5 Å². The highest BCUT2D eigenvalue weighted by Crippen LogP contribution is 2.33. The Morgan fingerprint density at radius 3 is 2.44 bits per heavy atom. The second-order valence-electron chi connectivity index (χ2n) is 8.15. The Bertz CT molecular complexity index is 1190. The molecular formula is C28H29N5O. The molecule has 1 aromatic heterocycles. The number of nitrogens with zero attached hydrogens (tertiary/aromatic N) is 3. The van der Waals surface area contributed by atoms with E-state index in [4.69, 9.17) is 10.00 Å². The number of aromatic nitrogens is 2. The van der Waals surface area contributed by atoms with Crippen LogP contribution in [-0.4, -0.2) is 35.5 Å². The van der Waals surface area contributed by atoms with Crippen LogP contribution in [0.4, 0.5) is 5.69 Å². The molecule has 0 saturated heterocycles. The van der Waals surface area contributed by atoms with Crippen molar-refractivity contribution >= 4 is 5.69 Å². The van der Waals surface area contributed by atoms with Gasteiger partial charge in [-0.2, -0.15) is 10.4 Å². The first kappa shape index (κ1) is 23.1. The first-order valence-electron chi connectivity index (χ1n) is 11.4. The fraction of sp³-hybridized carbons (Fsp3) is 0.214. The third-order valence-electron chi connectivity index (χ3n) is 5.54. The van der Waals surface area contributed by atoms with Crippen molar-refractivity contribution < 1.29 is 4.74 Å². The summed E-state index contributed by atoms with van der Waals surface area (Å²) in [6.45, 7) is 2.43. The van der Waals surface area contributed by atoms with E-state index in [1.54, 1.807) is 4.68 Å². The van der Waals surface area contributed by atoms with E-state index >= 15 is 0 Å². The summed E-state index contributed by atoms with van der Waals surface area (Å²) in [6, 6.07) is 28.1. The molecule has 1 atom stereocenters. The molecule has 34 heavy (non-hydrogen) atoms. The summed E-state index contributed by atoms with van der Waals surface area (Å²) in [5.41, 5.74) is 5.17. The molecule has 0 aliphatic carbocycles. The maximum absolute atomic E-state index is 8.84. The third kappa shape index (κ3) is 6.47. The number of nitrogens with one attached hydrogen (secondary N) is 2. The lowest BCUT2D eigenvalue weighted by atomic mass is 10.1. The molecule has 0 amide bonds. The molecule has 6 heteroatoms. The zero-order chi connectivity index (χ0) is 23.6. The first-order chi connectivity index (χ1) is 16.7. The molecular weight excluding hydrogens is 422 g/mol. The molecule has 1 unspecified atom stereocenters. The Kier molecular flexibility index (Phi) is 7.94. The Hall–Kier alpha value is -4.08. The van der Waals surface area contributed by atoms with Gasteiger partial charge in [0.25, 0.3) is 0 Å². The Morgan fingerprint density at radius 1 is 1.06 bits per heavy atom. The average Bonchev–Trinajstić information content (AvgIpc) is 3.34. The molecule has 2 N–H and O–H groups in total. The Morgan fingerprint density at radius 2 is 1.79 bits per heavy atom. The molecule has 6 nitrogen and oxygen atoms in total. The van der Waals surface area contributed by atoms with Gasteiger partial charge in [0.05, 0.1) is 30.1 Å². The van der Waals surface area contributed by atoms with Gasteiger partial charge in [-0.05, 0) is 48.4 Å². The van der Waals surface area contributed by atoms with E-state index in [-0.39, 0.29) is 6.10 Å². The predicted octanol–water partition coefficient (Wildman–Crippen LogP) is 4.65. The van der Waals surface area contributed by atoms with Crippen LogP contribution in [0.3, 0.4) is 0 Å². The highest BCUT2D eigenvalue weighted by molar-refractivity contribution is 5.71. The van der Waals surface area contributed by atoms with Gasteiger partial charge in [0.15, 0.2) is 0 Å². The fourth-order valence-corrected chi connectivity index (χ4v) is 3.71. The summed E-state index contributed by atoms with van der Waals surface area (Å²) in [5.74, 6) is 0.887. The second-order valence-corrected chi connectivity index (χ2v) is 8.15. The highest BCUT2D eigenvalue weighted by atomic mass is 16.5. The molecule has 5 rings (SSSR count). The van der Waals surface area contributed by atoms with Crippen LogP contribution in [0.5, 0.6) is 5.75 Å². The van der Waals surface area contributed by atoms with Crippen LogP contribution in [0.2, 0.25) is 0 Å². The maximum Gasteiger partial charge on any atom is 0.143 e. The molecule has 3 aromatic carbocycles. The third-order valence-corrected chi connectivity index (χ3v) is 5.54. The minimum Gasteiger partial charge on any atom is -0.485 e. The predicted molar refractivity (Wildman–Crippen MR) is 136 cm³/mol. The Labute approximate surface area is 200 Å². The monoisotopic (exact) mass is 451 g/mol. The number of hydrogen-bond acceptors (Lipinski definition) is 5. The molecule has 0 radical (unpaired) electrons. The van der Waals surface area contributed by atoms with Crippen molar-refractivity contribution in [3.8, 4) is 22.9 Å². The van der Waals surface area contributed by atoms with Gasteiger partial charge >= 0.3 is 0 Å². The van der Waals surface area contributed by atoms with Gasteiger partial charge in [-0.3, -0.25) is 4.68 Å². The summed E-state index contributed by atoms with van der Waals surface area (Å²) in [5, 5.41) is 20.0. The SMILES string of the molecule is Cn1cc(-c2ccc3c(c2)NCC(CNCCc2ccc(C#N)cc2)O3)cn1.c1ccccc1. The van der Waals surface area contributed by atoms with Crippen molar-refractivity contribution in [1.29, 1.82) is 5.26 Å². The van der Waals surface area contributed by atoms with E-state index in [1.807, 2.05) is 86.2 Å². The van der Waals surface area contributed by atoms with Crippen LogP contribution in [0, 0.1) is 11.3 Å². The van der Waals surface area contributed by atoms with Gasteiger partial charge in [-0.15, -0.1) is 0 Å². The minimum atomic E-state index is 0.0951. The van der Waals surface area contributed by atoms with Crippen molar-refractivity contribution in [3.05, 3.63) is 102 Å². The van der Waals surface area contributed by atoms with E-state index in [0.717, 1.165) is 48.6 Å². The summed E-state index contributed by atoms with van der Waals surface area (Å²) in [4.78, 5) is 0. The van der Waals surface area contributed by atoms with Crippen molar-refractivity contribution in [2.24, 2.45) is 7.05 Å². The van der Waals surface area contributed by atoms with E-state index in [1.165, 1.54) is 5.56 Å². The lowest BCUT2D eigenvalue weighted by molar-refractivity contribution is 0.202. The van der Waals surface area contributed by atoms with Crippen LogP contribution in [0.15, 0.2) is 91.3 Å². The second kappa shape index (κ2) is 11.7.